The lowest BCUT2D eigenvalue weighted by Crippen LogP contribution is -2.28. The number of ether oxygens (including phenoxy) is 1. The van der Waals surface area contributed by atoms with Gasteiger partial charge in [-0.3, -0.25) is 0 Å². The quantitative estimate of drug-likeness (QED) is 0.396. The van der Waals surface area contributed by atoms with Crippen LogP contribution in [-0.4, -0.2) is 20.3 Å². The average Bonchev–Trinajstić information content (AvgIpc) is 2.25. The Labute approximate surface area is 114 Å². The van der Waals surface area contributed by atoms with Gasteiger partial charge < -0.3 is 14.7 Å². The van der Waals surface area contributed by atoms with Gasteiger partial charge in [0.05, 0.1) is 0 Å². The van der Waals surface area contributed by atoms with Crippen LogP contribution in [0.3, 0.4) is 0 Å². The summed E-state index contributed by atoms with van der Waals surface area (Å²) in [5.41, 5.74) is -1.21. The van der Waals surface area contributed by atoms with Crippen LogP contribution in [0.15, 0.2) is 12.1 Å². The zero-order chi connectivity index (χ0) is 16.6. The van der Waals surface area contributed by atoms with Gasteiger partial charge in [-0.1, -0.05) is 0 Å². The van der Waals surface area contributed by atoms with E-state index in [0.29, 0.717) is 6.07 Å². The van der Waals surface area contributed by atoms with Crippen molar-refractivity contribution in [1.82, 2.24) is 0 Å². The van der Waals surface area contributed by atoms with E-state index in [0.717, 1.165) is 13.0 Å². The van der Waals surface area contributed by atoms with Gasteiger partial charge >= 0.3 is 22.0 Å². The normalized spacial score (nSPS) is 13.1. The molecule has 2 N–H and O–H groups in total. The van der Waals surface area contributed by atoms with Crippen molar-refractivity contribution in [1.29, 1.82) is 0 Å². The Hall–Kier alpha value is -1.85. The molecular weight excluding hydrogens is 332 g/mol. The largest absolute Gasteiger partial charge is 0.573 e. The smallest absolute Gasteiger partial charge is 0.401 e. The van der Waals surface area contributed by atoms with Crippen LogP contribution in [0, 0.1) is 6.92 Å². The number of alkyl halides is 6. The zero-order valence-corrected chi connectivity index (χ0v) is 10.9. The molecule has 0 unspecified atom stereocenters. The molecule has 120 valence electrons. The van der Waals surface area contributed by atoms with E-state index < -0.39 is 39.1 Å². The molecule has 0 saturated heterocycles. The average molecular weight is 339 g/mol. The monoisotopic (exact) mass is 339 g/mol. The molecule has 0 heterocycles. The number of nitrogen functional groups attached to an aromatic ring is 1. The number of benzene rings is 1. The predicted octanol–water partition coefficient (Wildman–Crippen LogP) is 2.70. The standard InChI is InChI=1S/C9H7F6NO4S/c1-4-5(16)2-3-6(7(4)19-8(10,11)12)20-21(17,18)9(13,14)15/h2-3H,16H2,1H3. The lowest BCUT2D eigenvalue weighted by Gasteiger charge is -2.17. The van der Waals surface area contributed by atoms with E-state index in [1.807, 2.05) is 0 Å². The first-order chi connectivity index (χ1) is 9.24. The molecule has 0 spiro atoms. The van der Waals surface area contributed by atoms with Crippen molar-refractivity contribution in [2.24, 2.45) is 0 Å². The minimum atomic E-state index is -6.15. The number of rotatable bonds is 3. The van der Waals surface area contributed by atoms with E-state index in [2.05, 4.69) is 8.92 Å². The van der Waals surface area contributed by atoms with Crippen LogP contribution in [0.1, 0.15) is 5.56 Å². The second-order valence-corrected chi connectivity index (χ2v) is 5.18. The summed E-state index contributed by atoms with van der Waals surface area (Å²) in [6.07, 6.45) is -5.28. The second-order valence-electron chi connectivity index (χ2n) is 3.64. The van der Waals surface area contributed by atoms with Gasteiger partial charge in [-0.15, -0.1) is 13.2 Å². The van der Waals surface area contributed by atoms with Gasteiger partial charge in [-0.2, -0.15) is 21.6 Å². The minimum absolute atomic E-state index is 0.258. The molecule has 0 aromatic heterocycles. The van der Waals surface area contributed by atoms with Crippen molar-refractivity contribution >= 4 is 15.8 Å². The summed E-state index contributed by atoms with van der Waals surface area (Å²) in [5, 5.41) is 0. The molecule has 21 heavy (non-hydrogen) atoms. The van der Waals surface area contributed by atoms with Gasteiger partial charge in [-0.25, -0.2) is 0 Å². The summed E-state index contributed by atoms with van der Waals surface area (Å²) in [6.45, 7) is 0.990. The number of halogens is 6. The van der Waals surface area contributed by atoms with Crippen LogP contribution < -0.4 is 14.7 Å². The van der Waals surface area contributed by atoms with E-state index in [1.165, 1.54) is 0 Å². The van der Waals surface area contributed by atoms with Gasteiger partial charge in [0.1, 0.15) is 0 Å². The first-order valence-electron chi connectivity index (χ1n) is 4.90. The van der Waals surface area contributed by atoms with Crippen molar-refractivity contribution in [3.05, 3.63) is 17.7 Å². The molecule has 0 radical (unpaired) electrons. The Balaban J connectivity index is 3.35. The van der Waals surface area contributed by atoms with Gasteiger partial charge in [-0.05, 0) is 19.1 Å². The zero-order valence-electron chi connectivity index (χ0n) is 10.0. The Morgan fingerprint density at radius 2 is 1.62 bits per heavy atom. The molecule has 0 amide bonds. The molecule has 0 fully saturated rings. The highest BCUT2D eigenvalue weighted by atomic mass is 32.2. The van der Waals surface area contributed by atoms with E-state index in [4.69, 9.17) is 5.73 Å². The maximum Gasteiger partial charge on any atom is 0.573 e. The highest BCUT2D eigenvalue weighted by Gasteiger charge is 2.49. The molecule has 1 rings (SSSR count). The van der Waals surface area contributed by atoms with E-state index in [1.54, 1.807) is 0 Å². The molecule has 0 saturated carbocycles. The third-order valence-electron chi connectivity index (χ3n) is 2.11. The first-order valence-corrected chi connectivity index (χ1v) is 6.31. The highest BCUT2D eigenvalue weighted by molar-refractivity contribution is 7.88. The summed E-state index contributed by atoms with van der Waals surface area (Å²) in [6, 6.07) is 1.40. The fraction of sp³-hybridized carbons (Fsp3) is 0.333. The maximum absolute atomic E-state index is 12.2. The van der Waals surface area contributed by atoms with E-state index in [-0.39, 0.29) is 5.69 Å². The van der Waals surface area contributed by atoms with Gasteiger partial charge in [0.15, 0.2) is 11.5 Å². The Bertz CT molecular complexity index is 637. The Morgan fingerprint density at radius 1 is 1.10 bits per heavy atom. The van der Waals surface area contributed by atoms with Crippen LogP contribution in [-0.2, 0) is 10.1 Å². The minimum Gasteiger partial charge on any atom is -0.401 e. The summed E-state index contributed by atoms with van der Waals surface area (Å²) in [5.74, 6) is -2.55. The number of nitrogens with two attached hydrogens (primary N) is 1. The Kier molecular flexibility index (Phi) is 4.23. The van der Waals surface area contributed by atoms with Gasteiger partial charge in [0.2, 0.25) is 0 Å². The summed E-state index contributed by atoms with van der Waals surface area (Å²) in [7, 11) is -6.15. The lowest BCUT2D eigenvalue weighted by atomic mass is 10.1. The molecule has 1 aromatic carbocycles. The van der Waals surface area contributed by atoms with Crippen molar-refractivity contribution < 1.29 is 43.7 Å². The molecule has 0 aliphatic rings. The van der Waals surface area contributed by atoms with Crippen molar-refractivity contribution in [2.45, 2.75) is 18.8 Å². The third kappa shape index (κ3) is 4.06. The molecule has 0 aliphatic carbocycles. The fourth-order valence-corrected chi connectivity index (χ4v) is 1.62. The highest BCUT2D eigenvalue weighted by Crippen LogP contribution is 2.40. The number of hydrogen-bond donors (Lipinski definition) is 1. The first kappa shape index (κ1) is 17.2. The summed E-state index contributed by atoms with van der Waals surface area (Å²) >= 11 is 0. The van der Waals surface area contributed by atoms with Gasteiger partial charge in [0.25, 0.3) is 0 Å². The van der Waals surface area contributed by atoms with Gasteiger partial charge in [0, 0.05) is 11.3 Å². The van der Waals surface area contributed by atoms with Crippen LogP contribution in [0.25, 0.3) is 0 Å². The van der Waals surface area contributed by atoms with Crippen LogP contribution >= 0.6 is 0 Å². The third-order valence-corrected chi connectivity index (χ3v) is 3.08. The van der Waals surface area contributed by atoms with Crippen LogP contribution in [0.5, 0.6) is 11.5 Å². The number of anilines is 1. The van der Waals surface area contributed by atoms with Crippen LogP contribution in [0.2, 0.25) is 0 Å². The SMILES string of the molecule is Cc1c(N)ccc(OS(=O)(=O)C(F)(F)F)c1OC(F)(F)F. The van der Waals surface area contributed by atoms with E-state index >= 15 is 0 Å². The molecular formula is C9H7F6NO4S. The second kappa shape index (κ2) is 5.16. The molecule has 0 bridgehead atoms. The number of hydrogen-bond acceptors (Lipinski definition) is 5. The molecule has 1 aromatic rings. The Morgan fingerprint density at radius 3 is 2.05 bits per heavy atom. The topological polar surface area (TPSA) is 78.6 Å². The maximum atomic E-state index is 12.2. The lowest BCUT2D eigenvalue weighted by molar-refractivity contribution is -0.275. The summed E-state index contributed by atoms with van der Waals surface area (Å²) < 4.78 is 102. The van der Waals surface area contributed by atoms with Crippen molar-refractivity contribution in [3.8, 4) is 11.5 Å². The molecule has 12 heteroatoms. The van der Waals surface area contributed by atoms with Crippen molar-refractivity contribution in [3.63, 3.8) is 0 Å². The predicted molar refractivity (Wildman–Crippen MR) is 57.9 cm³/mol. The summed E-state index contributed by atoms with van der Waals surface area (Å²) in [4.78, 5) is 0. The van der Waals surface area contributed by atoms with Crippen LogP contribution in [0.4, 0.5) is 32.0 Å². The molecule has 5 nitrogen and oxygen atoms in total. The fourth-order valence-electron chi connectivity index (χ4n) is 1.16. The van der Waals surface area contributed by atoms with Crippen molar-refractivity contribution in [2.75, 3.05) is 5.73 Å². The molecule has 0 aliphatic heterocycles. The molecule has 0 atom stereocenters. The van der Waals surface area contributed by atoms with E-state index in [9.17, 15) is 34.8 Å².